The number of likely N-dealkylation sites (tertiary alicyclic amines) is 1. The number of ether oxygens (including phenoxy) is 1. The van der Waals surface area contributed by atoms with Crippen LogP contribution in [0.4, 0.5) is 11.5 Å². The van der Waals surface area contributed by atoms with E-state index in [1.165, 1.54) is 12.3 Å². The molecular weight excluding hydrogens is 298 g/mol. The number of anilines is 1. The fourth-order valence-electron chi connectivity index (χ4n) is 3.25. The SMILES string of the molecule is N#Cc1ccnc(NC2CCN([C@H]3CCOC3)CC2)c1[N+](=O)[O-]. The van der Waals surface area contributed by atoms with Crippen LogP contribution in [0.1, 0.15) is 24.8 Å². The van der Waals surface area contributed by atoms with Crippen molar-refractivity contribution >= 4 is 11.5 Å². The number of piperidine rings is 1. The van der Waals surface area contributed by atoms with Crippen molar-refractivity contribution in [2.45, 2.75) is 31.3 Å². The first-order chi connectivity index (χ1) is 11.2. The first-order valence-electron chi connectivity index (χ1n) is 7.81. The van der Waals surface area contributed by atoms with Crippen LogP contribution < -0.4 is 5.32 Å². The Hall–Kier alpha value is -2.24. The van der Waals surface area contributed by atoms with Gasteiger partial charge in [0.1, 0.15) is 11.6 Å². The normalized spacial score (nSPS) is 22.7. The number of hydrogen-bond donors (Lipinski definition) is 1. The lowest BCUT2D eigenvalue weighted by Gasteiger charge is -2.35. The van der Waals surface area contributed by atoms with E-state index in [-0.39, 0.29) is 23.1 Å². The van der Waals surface area contributed by atoms with Crippen LogP contribution >= 0.6 is 0 Å². The van der Waals surface area contributed by atoms with Crippen LogP contribution in [-0.4, -0.2) is 53.2 Å². The van der Waals surface area contributed by atoms with Crippen LogP contribution in [0.25, 0.3) is 0 Å². The van der Waals surface area contributed by atoms with E-state index in [1.54, 1.807) is 0 Å². The van der Waals surface area contributed by atoms with Crippen molar-refractivity contribution in [2.24, 2.45) is 0 Å². The van der Waals surface area contributed by atoms with Crippen LogP contribution in [0, 0.1) is 21.4 Å². The van der Waals surface area contributed by atoms with Gasteiger partial charge in [0.2, 0.25) is 5.82 Å². The Bertz CT molecular complexity index is 616. The van der Waals surface area contributed by atoms with Gasteiger partial charge in [-0.05, 0) is 25.3 Å². The second-order valence-corrected chi connectivity index (χ2v) is 5.90. The third-order valence-corrected chi connectivity index (χ3v) is 4.52. The van der Waals surface area contributed by atoms with Gasteiger partial charge in [-0.15, -0.1) is 0 Å². The molecule has 0 aliphatic carbocycles. The largest absolute Gasteiger partial charge is 0.380 e. The molecule has 1 atom stereocenters. The van der Waals surface area contributed by atoms with Crippen molar-refractivity contribution in [3.8, 4) is 6.07 Å². The standard InChI is InChI=1S/C15H19N5O3/c16-9-11-1-5-17-15(14(11)20(21)22)18-12-2-6-19(7-3-12)13-4-8-23-10-13/h1,5,12-13H,2-4,6-8,10H2,(H,17,18)/t13-/m0/s1. The van der Waals surface area contributed by atoms with Gasteiger partial charge in [0, 0.05) is 38.0 Å². The van der Waals surface area contributed by atoms with E-state index in [0.29, 0.717) is 6.04 Å². The summed E-state index contributed by atoms with van der Waals surface area (Å²) in [5.41, 5.74) is -0.199. The first kappa shape index (κ1) is 15.6. The van der Waals surface area contributed by atoms with Gasteiger partial charge in [0.15, 0.2) is 0 Å². The minimum absolute atomic E-state index is 0.0352. The minimum Gasteiger partial charge on any atom is -0.380 e. The van der Waals surface area contributed by atoms with Gasteiger partial charge in [-0.2, -0.15) is 5.26 Å². The van der Waals surface area contributed by atoms with Gasteiger partial charge in [0.05, 0.1) is 11.5 Å². The molecular formula is C15H19N5O3. The number of nitriles is 1. The molecule has 8 heteroatoms. The molecule has 2 fully saturated rings. The smallest absolute Gasteiger partial charge is 0.328 e. The van der Waals surface area contributed by atoms with E-state index in [4.69, 9.17) is 10.00 Å². The van der Waals surface area contributed by atoms with Crippen molar-refractivity contribution in [3.63, 3.8) is 0 Å². The van der Waals surface area contributed by atoms with Crippen molar-refractivity contribution in [1.82, 2.24) is 9.88 Å². The maximum atomic E-state index is 11.2. The van der Waals surface area contributed by atoms with Crippen molar-refractivity contribution in [3.05, 3.63) is 27.9 Å². The molecule has 0 aromatic carbocycles. The van der Waals surface area contributed by atoms with Gasteiger partial charge < -0.3 is 10.1 Å². The highest BCUT2D eigenvalue weighted by atomic mass is 16.6. The number of rotatable bonds is 4. The first-order valence-corrected chi connectivity index (χ1v) is 7.81. The molecule has 0 amide bonds. The van der Waals surface area contributed by atoms with E-state index in [1.807, 2.05) is 6.07 Å². The summed E-state index contributed by atoms with van der Waals surface area (Å²) in [5.74, 6) is 0.191. The van der Waals surface area contributed by atoms with Crippen molar-refractivity contribution < 1.29 is 9.66 Å². The lowest BCUT2D eigenvalue weighted by atomic mass is 10.0. The summed E-state index contributed by atoms with van der Waals surface area (Å²) in [6.07, 6.45) is 4.30. The Labute approximate surface area is 134 Å². The van der Waals surface area contributed by atoms with Crippen LogP contribution in [0.5, 0.6) is 0 Å². The summed E-state index contributed by atoms with van der Waals surface area (Å²) in [6.45, 7) is 3.52. The third kappa shape index (κ3) is 3.41. The van der Waals surface area contributed by atoms with Gasteiger partial charge in [0.25, 0.3) is 0 Å². The molecule has 8 nitrogen and oxygen atoms in total. The maximum Gasteiger partial charge on any atom is 0.328 e. The van der Waals surface area contributed by atoms with E-state index in [2.05, 4.69) is 15.2 Å². The quantitative estimate of drug-likeness (QED) is 0.663. The van der Waals surface area contributed by atoms with Crippen LogP contribution in [0.15, 0.2) is 12.3 Å². The average molecular weight is 317 g/mol. The lowest BCUT2D eigenvalue weighted by molar-refractivity contribution is -0.384. The lowest BCUT2D eigenvalue weighted by Crippen LogP contribution is -2.45. The van der Waals surface area contributed by atoms with Gasteiger partial charge in [-0.3, -0.25) is 15.0 Å². The number of nitrogens with zero attached hydrogens (tertiary/aromatic N) is 4. The average Bonchev–Trinajstić information content (AvgIpc) is 3.09. The Morgan fingerprint density at radius 1 is 1.43 bits per heavy atom. The second-order valence-electron chi connectivity index (χ2n) is 5.90. The molecule has 3 rings (SSSR count). The Morgan fingerprint density at radius 3 is 2.83 bits per heavy atom. The maximum absolute atomic E-state index is 11.2. The summed E-state index contributed by atoms with van der Waals surface area (Å²) in [6, 6.07) is 3.86. The molecule has 2 aliphatic heterocycles. The zero-order valence-electron chi connectivity index (χ0n) is 12.8. The summed E-state index contributed by atoms with van der Waals surface area (Å²) in [5, 5.41) is 23.4. The molecule has 0 unspecified atom stereocenters. The van der Waals surface area contributed by atoms with Crippen molar-refractivity contribution in [2.75, 3.05) is 31.6 Å². The second kappa shape index (κ2) is 6.89. The molecule has 2 saturated heterocycles. The Morgan fingerprint density at radius 2 is 2.22 bits per heavy atom. The molecule has 0 bridgehead atoms. The van der Waals surface area contributed by atoms with Crippen LogP contribution in [0.3, 0.4) is 0 Å². The zero-order valence-corrected chi connectivity index (χ0v) is 12.8. The van der Waals surface area contributed by atoms with Crippen molar-refractivity contribution in [1.29, 1.82) is 5.26 Å². The highest BCUT2D eigenvalue weighted by Crippen LogP contribution is 2.28. The molecule has 3 heterocycles. The summed E-state index contributed by atoms with van der Waals surface area (Å²) in [7, 11) is 0. The van der Waals surface area contributed by atoms with E-state index in [0.717, 1.165) is 45.6 Å². The van der Waals surface area contributed by atoms with E-state index in [9.17, 15) is 10.1 Å². The zero-order chi connectivity index (χ0) is 16.2. The fourth-order valence-corrected chi connectivity index (χ4v) is 3.25. The van der Waals surface area contributed by atoms with Gasteiger partial charge in [-0.25, -0.2) is 4.98 Å². The molecule has 1 N–H and O–H groups in total. The predicted octanol–water partition coefficient (Wildman–Crippen LogP) is 1.53. The number of pyridine rings is 1. The summed E-state index contributed by atoms with van der Waals surface area (Å²) < 4.78 is 5.43. The number of aromatic nitrogens is 1. The Kier molecular flexibility index (Phi) is 4.69. The van der Waals surface area contributed by atoms with Gasteiger partial charge >= 0.3 is 5.69 Å². The van der Waals surface area contributed by atoms with E-state index >= 15 is 0 Å². The van der Waals surface area contributed by atoms with Gasteiger partial charge in [-0.1, -0.05) is 0 Å². The highest BCUT2D eigenvalue weighted by molar-refractivity contribution is 5.64. The van der Waals surface area contributed by atoms with Crippen LogP contribution in [-0.2, 0) is 4.74 Å². The summed E-state index contributed by atoms with van der Waals surface area (Å²) >= 11 is 0. The molecule has 1 aromatic rings. The molecule has 122 valence electrons. The number of nitro groups is 1. The highest BCUT2D eigenvalue weighted by Gasteiger charge is 2.29. The molecule has 0 spiro atoms. The van der Waals surface area contributed by atoms with E-state index < -0.39 is 4.92 Å². The molecule has 1 aromatic heterocycles. The predicted molar refractivity (Wildman–Crippen MR) is 83.0 cm³/mol. The number of nitrogens with one attached hydrogen (secondary N) is 1. The molecule has 2 aliphatic rings. The molecule has 23 heavy (non-hydrogen) atoms. The fraction of sp³-hybridized carbons (Fsp3) is 0.600. The summed E-state index contributed by atoms with van der Waals surface area (Å²) in [4.78, 5) is 17.2. The monoisotopic (exact) mass is 317 g/mol. The number of hydrogen-bond acceptors (Lipinski definition) is 7. The topological polar surface area (TPSA) is 104 Å². The van der Waals surface area contributed by atoms with Crippen LogP contribution in [0.2, 0.25) is 0 Å². The Balaban J connectivity index is 1.65. The molecule has 0 radical (unpaired) electrons. The minimum atomic E-state index is -0.543. The third-order valence-electron chi connectivity index (χ3n) is 4.52. The molecule has 0 saturated carbocycles.